The maximum absolute atomic E-state index is 11.0. The summed E-state index contributed by atoms with van der Waals surface area (Å²) in [4.78, 5) is 16.9. The van der Waals surface area contributed by atoms with E-state index < -0.39 is 12.0 Å². The highest BCUT2D eigenvalue weighted by Gasteiger charge is 2.30. The van der Waals surface area contributed by atoms with Crippen LogP contribution in [0.2, 0.25) is 0 Å². The minimum Gasteiger partial charge on any atom is -0.480 e. The zero-order valence-electron chi connectivity index (χ0n) is 8.06. The minimum absolute atomic E-state index is 0.402. The van der Waals surface area contributed by atoms with Crippen molar-refractivity contribution in [1.29, 1.82) is 0 Å². The molecule has 0 bridgehead atoms. The Morgan fingerprint density at radius 2 is 2.40 bits per heavy atom. The van der Waals surface area contributed by atoms with E-state index in [1.807, 2.05) is 11.0 Å². The molecule has 0 aromatic carbocycles. The van der Waals surface area contributed by atoms with E-state index in [0.29, 0.717) is 6.42 Å². The number of anilines is 1. The fourth-order valence-electron chi connectivity index (χ4n) is 1.89. The summed E-state index contributed by atoms with van der Waals surface area (Å²) in [7, 11) is 0. The van der Waals surface area contributed by atoms with E-state index in [0.717, 1.165) is 23.1 Å². The Kier molecular flexibility index (Phi) is 2.90. The fraction of sp³-hybridized carbons (Fsp3) is 0.400. The predicted octanol–water partition coefficient (Wildman–Crippen LogP) is 1.90. The van der Waals surface area contributed by atoms with Gasteiger partial charge in [0.05, 0.1) is 11.9 Å². The number of hydrogen-bond donors (Lipinski definition) is 1. The van der Waals surface area contributed by atoms with Crippen molar-refractivity contribution < 1.29 is 9.90 Å². The molecule has 0 unspecified atom stereocenters. The maximum atomic E-state index is 11.0. The molecule has 1 atom stereocenters. The van der Waals surface area contributed by atoms with E-state index in [1.165, 1.54) is 0 Å². The summed E-state index contributed by atoms with van der Waals surface area (Å²) in [6.45, 7) is 0.787. The zero-order chi connectivity index (χ0) is 10.8. The van der Waals surface area contributed by atoms with E-state index in [2.05, 4.69) is 20.9 Å². The van der Waals surface area contributed by atoms with Crippen LogP contribution < -0.4 is 4.90 Å². The summed E-state index contributed by atoms with van der Waals surface area (Å²) in [5.41, 5.74) is 0.870. The molecule has 1 aliphatic rings. The van der Waals surface area contributed by atoms with E-state index in [9.17, 15) is 4.79 Å². The average molecular weight is 271 g/mol. The third-order valence-electron chi connectivity index (χ3n) is 2.56. The maximum Gasteiger partial charge on any atom is 0.326 e. The van der Waals surface area contributed by atoms with E-state index in [4.69, 9.17) is 5.11 Å². The van der Waals surface area contributed by atoms with Gasteiger partial charge in [-0.15, -0.1) is 0 Å². The number of pyridine rings is 1. The van der Waals surface area contributed by atoms with Gasteiger partial charge in [-0.05, 0) is 34.8 Å². The van der Waals surface area contributed by atoms with Crippen LogP contribution in [0, 0.1) is 0 Å². The topological polar surface area (TPSA) is 53.4 Å². The van der Waals surface area contributed by atoms with Crippen LogP contribution in [0.1, 0.15) is 12.8 Å². The Bertz CT molecular complexity index is 383. The van der Waals surface area contributed by atoms with Gasteiger partial charge in [-0.1, -0.05) is 0 Å². The average Bonchev–Trinajstić information content (AvgIpc) is 2.65. The van der Waals surface area contributed by atoms with Crippen molar-refractivity contribution in [2.24, 2.45) is 0 Å². The number of nitrogens with zero attached hydrogens (tertiary/aromatic N) is 2. The standard InChI is InChI=1S/C10H11BrN2O2/c11-7-4-8(6-12-5-7)13-3-1-2-9(13)10(14)15/h4-6,9H,1-3H2,(H,14,15)/t9-/m1/s1. The first-order valence-electron chi connectivity index (χ1n) is 4.78. The second-order valence-corrected chi connectivity index (χ2v) is 4.47. The van der Waals surface area contributed by atoms with Gasteiger partial charge in [0, 0.05) is 17.2 Å². The van der Waals surface area contributed by atoms with Crippen LogP contribution in [0.5, 0.6) is 0 Å². The van der Waals surface area contributed by atoms with Gasteiger partial charge < -0.3 is 10.0 Å². The van der Waals surface area contributed by atoms with Gasteiger partial charge in [0.1, 0.15) is 6.04 Å². The Hall–Kier alpha value is -1.10. The monoisotopic (exact) mass is 270 g/mol. The normalized spacial score (nSPS) is 20.6. The Morgan fingerprint density at radius 1 is 1.60 bits per heavy atom. The van der Waals surface area contributed by atoms with E-state index in [-0.39, 0.29) is 0 Å². The van der Waals surface area contributed by atoms with Crippen LogP contribution in [-0.4, -0.2) is 28.6 Å². The summed E-state index contributed by atoms with van der Waals surface area (Å²) in [6, 6.07) is 1.50. The van der Waals surface area contributed by atoms with Crippen molar-refractivity contribution in [1.82, 2.24) is 4.98 Å². The molecule has 2 rings (SSSR count). The first-order valence-corrected chi connectivity index (χ1v) is 5.58. The van der Waals surface area contributed by atoms with Crippen LogP contribution in [0.15, 0.2) is 22.9 Å². The predicted molar refractivity (Wildman–Crippen MR) is 59.9 cm³/mol. The first kappa shape index (κ1) is 10.4. The van der Waals surface area contributed by atoms with Gasteiger partial charge in [0.2, 0.25) is 0 Å². The quantitative estimate of drug-likeness (QED) is 0.892. The molecule has 4 nitrogen and oxygen atoms in total. The van der Waals surface area contributed by atoms with Crippen molar-refractivity contribution in [2.45, 2.75) is 18.9 Å². The molecule has 0 radical (unpaired) electrons. The van der Waals surface area contributed by atoms with Crippen LogP contribution >= 0.6 is 15.9 Å². The van der Waals surface area contributed by atoms with Gasteiger partial charge in [0.25, 0.3) is 0 Å². The first-order chi connectivity index (χ1) is 7.18. The summed E-state index contributed by atoms with van der Waals surface area (Å²) < 4.78 is 0.871. The number of rotatable bonds is 2. The molecule has 15 heavy (non-hydrogen) atoms. The smallest absolute Gasteiger partial charge is 0.326 e. The molecule has 0 aliphatic carbocycles. The van der Waals surface area contributed by atoms with Crippen molar-refractivity contribution >= 4 is 27.6 Å². The van der Waals surface area contributed by atoms with Gasteiger partial charge in [-0.25, -0.2) is 4.79 Å². The summed E-state index contributed by atoms with van der Waals surface area (Å²) in [5.74, 6) is -0.757. The molecule has 1 aromatic rings. The van der Waals surface area contributed by atoms with Gasteiger partial charge in [0.15, 0.2) is 0 Å². The van der Waals surface area contributed by atoms with Crippen LogP contribution in [0.4, 0.5) is 5.69 Å². The second-order valence-electron chi connectivity index (χ2n) is 3.55. The number of carboxylic acid groups (broad SMARTS) is 1. The lowest BCUT2D eigenvalue weighted by Crippen LogP contribution is -2.35. The molecule has 5 heteroatoms. The van der Waals surface area contributed by atoms with E-state index >= 15 is 0 Å². The van der Waals surface area contributed by atoms with Crippen molar-refractivity contribution in [3.63, 3.8) is 0 Å². The summed E-state index contributed by atoms with van der Waals surface area (Å²) in [6.07, 6.45) is 5.02. The number of halogens is 1. The molecule has 0 spiro atoms. The number of aliphatic carboxylic acids is 1. The highest BCUT2D eigenvalue weighted by molar-refractivity contribution is 9.10. The largest absolute Gasteiger partial charge is 0.480 e. The SMILES string of the molecule is O=C(O)[C@H]1CCCN1c1cncc(Br)c1. The van der Waals surface area contributed by atoms with Gasteiger partial charge >= 0.3 is 5.97 Å². The zero-order valence-corrected chi connectivity index (χ0v) is 9.64. The number of carboxylic acids is 1. The third kappa shape index (κ3) is 2.12. The lowest BCUT2D eigenvalue weighted by Gasteiger charge is -2.23. The number of carbonyl (C=O) groups is 1. The minimum atomic E-state index is -0.757. The number of hydrogen-bond acceptors (Lipinski definition) is 3. The van der Waals surface area contributed by atoms with E-state index in [1.54, 1.807) is 12.4 Å². The second kappa shape index (κ2) is 4.18. The molecule has 1 N–H and O–H groups in total. The lowest BCUT2D eigenvalue weighted by molar-refractivity contribution is -0.138. The molecule has 0 amide bonds. The Morgan fingerprint density at radius 3 is 3.07 bits per heavy atom. The number of aromatic nitrogens is 1. The fourth-order valence-corrected chi connectivity index (χ4v) is 2.24. The summed E-state index contributed by atoms with van der Waals surface area (Å²) in [5, 5.41) is 9.04. The highest BCUT2D eigenvalue weighted by Crippen LogP contribution is 2.26. The molecular weight excluding hydrogens is 260 g/mol. The van der Waals surface area contributed by atoms with Crippen molar-refractivity contribution in [2.75, 3.05) is 11.4 Å². The molecule has 1 saturated heterocycles. The third-order valence-corrected chi connectivity index (χ3v) is 2.99. The highest BCUT2D eigenvalue weighted by atomic mass is 79.9. The molecule has 2 heterocycles. The van der Waals surface area contributed by atoms with Gasteiger partial charge in [-0.2, -0.15) is 0 Å². The molecule has 80 valence electrons. The van der Waals surface area contributed by atoms with Gasteiger partial charge in [-0.3, -0.25) is 4.98 Å². The molecule has 1 aliphatic heterocycles. The molecular formula is C10H11BrN2O2. The lowest BCUT2D eigenvalue weighted by atomic mass is 10.2. The van der Waals surface area contributed by atoms with Crippen LogP contribution in [0.25, 0.3) is 0 Å². The van der Waals surface area contributed by atoms with Crippen molar-refractivity contribution in [3.8, 4) is 0 Å². The van der Waals surface area contributed by atoms with Crippen molar-refractivity contribution in [3.05, 3.63) is 22.9 Å². The molecule has 1 aromatic heterocycles. The van der Waals surface area contributed by atoms with Crippen LogP contribution in [-0.2, 0) is 4.79 Å². The Labute approximate surface area is 96.1 Å². The Balaban J connectivity index is 2.26. The molecule has 1 fully saturated rings. The van der Waals surface area contributed by atoms with Crippen LogP contribution in [0.3, 0.4) is 0 Å². The summed E-state index contributed by atoms with van der Waals surface area (Å²) >= 11 is 3.33. The molecule has 0 saturated carbocycles.